The fraction of sp³-hybridized carbons (Fsp3) is 0.345. The normalized spacial score (nSPS) is 15.7. The van der Waals surface area contributed by atoms with E-state index in [4.69, 9.17) is 0 Å². The zero-order valence-electron chi connectivity index (χ0n) is 22.0. The van der Waals surface area contributed by atoms with Crippen LogP contribution in [0.1, 0.15) is 52.1 Å². The van der Waals surface area contributed by atoms with Gasteiger partial charge in [-0.2, -0.15) is 18.3 Å². The van der Waals surface area contributed by atoms with E-state index in [1.807, 2.05) is 36.1 Å². The van der Waals surface area contributed by atoms with E-state index in [0.717, 1.165) is 43.5 Å². The molecule has 0 saturated carbocycles. The van der Waals surface area contributed by atoms with E-state index in [9.17, 15) is 18.0 Å². The zero-order valence-corrected chi connectivity index (χ0v) is 22.0. The van der Waals surface area contributed by atoms with Crippen LogP contribution in [-0.2, 0) is 19.1 Å². The quantitative estimate of drug-likeness (QED) is 0.335. The Hall–Kier alpha value is -4.28. The molecular weight excluding hydrogens is 519 g/mol. The molecule has 11 heteroatoms. The number of halogens is 3. The Labute approximate surface area is 228 Å². The lowest BCUT2D eigenvalue weighted by Gasteiger charge is -2.27. The number of likely N-dealkylation sites (tertiary alicyclic amines) is 1. The lowest BCUT2D eigenvalue weighted by Crippen LogP contribution is -2.35. The first kappa shape index (κ1) is 26.0. The second-order valence-electron chi connectivity index (χ2n) is 10.2. The fourth-order valence-corrected chi connectivity index (χ4v) is 5.41. The predicted octanol–water partition coefficient (Wildman–Crippen LogP) is 5.15. The molecule has 4 aromatic rings. The highest BCUT2D eigenvalue weighted by molar-refractivity contribution is 5.96. The third-order valence-electron chi connectivity index (χ3n) is 7.38. The van der Waals surface area contributed by atoms with Crippen molar-refractivity contribution in [2.75, 3.05) is 19.6 Å². The minimum atomic E-state index is -4.64. The molecule has 40 heavy (non-hydrogen) atoms. The predicted molar refractivity (Wildman–Crippen MR) is 144 cm³/mol. The van der Waals surface area contributed by atoms with E-state index in [1.54, 1.807) is 22.9 Å². The molecule has 0 atom stereocenters. The summed E-state index contributed by atoms with van der Waals surface area (Å²) in [4.78, 5) is 28.1. The largest absolute Gasteiger partial charge is 0.435 e. The first-order valence-corrected chi connectivity index (χ1v) is 13.3. The summed E-state index contributed by atoms with van der Waals surface area (Å²) in [6, 6.07) is 5.73. The van der Waals surface area contributed by atoms with Crippen LogP contribution in [0.3, 0.4) is 0 Å². The number of aromatic nitrogens is 5. The van der Waals surface area contributed by atoms with Gasteiger partial charge in [-0.3, -0.25) is 23.9 Å². The van der Waals surface area contributed by atoms with E-state index in [-0.39, 0.29) is 23.7 Å². The van der Waals surface area contributed by atoms with Gasteiger partial charge in [0.25, 0.3) is 5.91 Å². The molecule has 5 heterocycles. The van der Waals surface area contributed by atoms with Crippen LogP contribution in [0.4, 0.5) is 13.2 Å². The molecule has 1 aromatic carbocycles. The van der Waals surface area contributed by atoms with Crippen molar-refractivity contribution >= 4 is 17.3 Å². The van der Waals surface area contributed by atoms with E-state index in [1.165, 1.54) is 17.1 Å². The van der Waals surface area contributed by atoms with Crippen molar-refractivity contribution in [3.63, 3.8) is 0 Å². The van der Waals surface area contributed by atoms with Crippen LogP contribution >= 0.6 is 0 Å². The summed E-state index contributed by atoms with van der Waals surface area (Å²) in [6.07, 6.45) is 8.62. The summed E-state index contributed by atoms with van der Waals surface area (Å²) in [6.45, 7) is 4.17. The second-order valence-corrected chi connectivity index (χ2v) is 10.2. The third-order valence-corrected chi connectivity index (χ3v) is 7.38. The van der Waals surface area contributed by atoms with Crippen molar-refractivity contribution < 1.29 is 18.0 Å². The molecule has 0 unspecified atom stereocenters. The number of imidazole rings is 1. The van der Waals surface area contributed by atoms with Crippen molar-refractivity contribution in [2.24, 2.45) is 4.99 Å². The molecule has 1 saturated heterocycles. The van der Waals surface area contributed by atoms with Crippen molar-refractivity contribution in [1.29, 1.82) is 0 Å². The van der Waals surface area contributed by atoms with Crippen molar-refractivity contribution in [1.82, 2.24) is 29.0 Å². The molecule has 0 radical (unpaired) electrons. The molecule has 206 valence electrons. The van der Waals surface area contributed by atoms with Crippen LogP contribution in [0.25, 0.3) is 16.9 Å². The Morgan fingerprint density at radius 2 is 1.93 bits per heavy atom. The molecule has 0 spiro atoms. The smallest absolute Gasteiger partial charge is 0.339 e. The first-order chi connectivity index (χ1) is 19.3. The second kappa shape index (κ2) is 10.4. The zero-order chi connectivity index (χ0) is 27.9. The maximum atomic E-state index is 14.0. The number of nitrogens with zero attached hydrogens (tertiary/aromatic N) is 7. The minimum absolute atomic E-state index is 0.0546. The van der Waals surface area contributed by atoms with Crippen LogP contribution in [0.5, 0.6) is 0 Å². The van der Waals surface area contributed by atoms with Gasteiger partial charge < -0.3 is 4.90 Å². The SMILES string of the molecule is Cc1cc(Cc2nccn3c(-c4cn(CC5=NCC=C5)nc4C(F)(F)F)cnc23)ccc1C(=O)N1CCCCC1. The maximum Gasteiger partial charge on any atom is 0.435 e. The Morgan fingerprint density at radius 1 is 1.10 bits per heavy atom. The number of carbonyl (C=O) groups is 1. The molecular formula is C29H28F3N7O. The number of carbonyl (C=O) groups excluding carboxylic acids is 1. The highest BCUT2D eigenvalue weighted by atomic mass is 19.4. The van der Waals surface area contributed by atoms with Crippen molar-refractivity contribution in [2.45, 2.75) is 45.3 Å². The number of rotatable bonds is 6. The first-order valence-electron chi connectivity index (χ1n) is 13.3. The van der Waals surface area contributed by atoms with Crippen LogP contribution in [0, 0.1) is 6.92 Å². The Kier molecular flexibility index (Phi) is 6.73. The standard InChI is InChI=1S/C29H28F3N7O/c1-19-14-20(7-8-22(19)28(40)37-11-3-2-4-12-37)15-24-27-35-16-25(39(27)13-10-34-24)23-18-38(17-21-6-5-9-33-21)36-26(23)29(30,31)32/h5-8,10,13-14,16,18H,2-4,9,11-12,15,17H2,1H3. The van der Waals surface area contributed by atoms with Crippen LogP contribution < -0.4 is 0 Å². The molecule has 0 bridgehead atoms. The number of hydrogen-bond donors (Lipinski definition) is 0. The molecule has 1 fully saturated rings. The monoisotopic (exact) mass is 547 g/mol. The Morgan fingerprint density at radius 3 is 2.65 bits per heavy atom. The molecule has 1 amide bonds. The van der Waals surface area contributed by atoms with Gasteiger partial charge in [0.2, 0.25) is 0 Å². The molecule has 2 aliphatic heterocycles. The molecule has 8 nitrogen and oxygen atoms in total. The molecule has 6 rings (SSSR count). The number of fused-ring (bicyclic) bond motifs is 1. The van der Waals surface area contributed by atoms with Gasteiger partial charge in [0.15, 0.2) is 11.3 Å². The summed E-state index contributed by atoms with van der Waals surface area (Å²) in [5.74, 6) is 0.0546. The number of benzene rings is 1. The summed E-state index contributed by atoms with van der Waals surface area (Å²) >= 11 is 0. The van der Waals surface area contributed by atoms with E-state index < -0.39 is 11.9 Å². The molecule has 0 N–H and O–H groups in total. The Bertz CT molecular complexity index is 1640. The average Bonchev–Trinajstić information content (AvgIpc) is 3.69. The summed E-state index contributed by atoms with van der Waals surface area (Å²) < 4.78 is 44.9. The fourth-order valence-electron chi connectivity index (χ4n) is 5.41. The number of aryl methyl sites for hydroxylation is 1. The number of piperidine rings is 1. The molecule has 0 aliphatic carbocycles. The molecule has 2 aliphatic rings. The minimum Gasteiger partial charge on any atom is -0.339 e. The third kappa shape index (κ3) is 5.03. The van der Waals surface area contributed by atoms with E-state index in [2.05, 4.69) is 20.1 Å². The van der Waals surface area contributed by atoms with Crippen LogP contribution in [0.2, 0.25) is 0 Å². The van der Waals surface area contributed by atoms with Crippen molar-refractivity contribution in [3.05, 3.63) is 83.2 Å². The van der Waals surface area contributed by atoms with Gasteiger partial charge in [-0.05, 0) is 49.5 Å². The number of hydrogen-bond acceptors (Lipinski definition) is 5. The van der Waals surface area contributed by atoms with Gasteiger partial charge >= 0.3 is 6.18 Å². The summed E-state index contributed by atoms with van der Waals surface area (Å²) in [5.41, 5.74) is 3.51. The highest BCUT2D eigenvalue weighted by Gasteiger charge is 2.38. The van der Waals surface area contributed by atoms with Gasteiger partial charge in [0.1, 0.15) is 0 Å². The Balaban J connectivity index is 1.30. The van der Waals surface area contributed by atoms with Gasteiger partial charge in [-0.25, -0.2) is 4.98 Å². The molecule has 3 aromatic heterocycles. The van der Waals surface area contributed by atoms with Crippen LogP contribution in [-0.4, -0.2) is 60.3 Å². The number of amides is 1. The number of alkyl halides is 3. The van der Waals surface area contributed by atoms with Gasteiger partial charge in [0, 0.05) is 43.7 Å². The maximum absolute atomic E-state index is 14.0. The number of allylic oxidation sites excluding steroid dienone is 1. The van der Waals surface area contributed by atoms with Crippen molar-refractivity contribution in [3.8, 4) is 11.3 Å². The topological polar surface area (TPSA) is 80.7 Å². The summed E-state index contributed by atoms with van der Waals surface area (Å²) in [5, 5.41) is 3.85. The number of aliphatic imine (C=N–C) groups is 1. The van der Waals surface area contributed by atoms with E-state index >= 15 is 0 Å². The lowest BCUT2D eigenvalue weighted by molar-refractivity contribution is -0.141. The van der Waals surface area contributed by atoms with Gasteiger partial charge in [0.05, 0.1) is 41.9 Å². The van der Waals surface area contributed by atoms with Gasteiger partial charge in [-0.15, -0.1) is 0 Å². The van der Waals surface area contributed by atoms with Crippen LogP contribution in [0.15, 0.2) is 60.1 Å². The summed E-state index contributed by atoms with van der Waals surface area (Å²) in [7, 11) is 0. The van der Waals surface area contributed by atoms with Gasteiger partial charge in [-0.1, -0.05) is 18.2 Å². The highest BCUT2D eigenvalue weighted by Crippen LogP contribution is 2.36. The van der Waals surface area contributed by atoms with E-state index in [0.29, 0.717) is 35.6 Å². The average molecular weight is 548 g/mol. The lowest BCUT2D eigenvalue weighted by atomic mass is 10.0.